The second-order valence-corrected chi connectivity index (χ2v) is 14.0. The normalized spacial score (nSPS) is 14.1. The quantitative estimate of drug-likeness (QED) is 0.124. The number of benzene rings is 3. The Bertz CT molecular complexity index is 2300. The van der Waals surface area contributed by atoms with Crippen LogP contribution < -0.4 is 25.6 Å². The molecule has 1 fully saturated rings. The first-order chi connectivity index (χ1) is 22.4. The zero-order valence-electron chi connectivity index (χ0n) is 24.6. The number of carbonyl (C=O) groups is 1. The van der Waals surface area contributed by atoms with Crippen molar-refractivity contribution >= 4 is 108 Å². The third-order valence-corrected chi connectivity index (χ3v) is 10.4. The van der Waals surface area contributed by atoms with Crippen molar-refractivity contribution < 1.29 is 14.3 Å². The van der Waals surface area contributed by atoms with Crippen molar-refractivity contribution in [3.05, 3.63) is 111 Å². The van der Waals surface area contributed by atoms with Crippen molar-refractivity contribution in [2.24, 2.45) is 14.1 Å². The number of amides is 1. The van der Waals surface area contributed by atoms with Gasteiger partial charge in [0.05, 0.1) is 29.3 Å². The van der Waals surface area contributed by atoms with Crippen LogP contribution in [0.2, 0.25) is 15.1 Å². The monoisotopic (exact) mass is 791 g/mol. The fourth-order valence-corrected chi connectivity index (χ4v) is 7.08. The van der Waals surface area contributed by atoms with E-state index >= 15 is 0 Å². The van der Waals surface area contributed by atoms with Gasteiger partial charge in [-0.1, -0.05) is 70.9 Å². The van der Waals surface area contributed by atoms with E-state index in [1.807, 2.05) is 0 Å². The van der Waals surface area contributed by atoms with Gasteiger partial charge in [-0.25, -0.2) is 4.79 Å². The number of hydrogen-bond acceptors (Lipinski definition) is 8. The number of thiocarbonyl (C=S) groups is 1. The van der Waals surface area contributed by atoms with Crippen molar-refractivity contribution in [2.45, 2.75) is 6.54 Å². The zero-order chi connectivity index (χ0) is 33.7. The Labute approximate surface area is 300 Å². The molecule has 1 saturated heterocycles. The summed E-state index contributed by atoms with van der Waals surface area (Å²) in [4.78, 5) is 45.8. The highest BCUT2D eigenvalue weighted by molar-refractivity contribution is 9.10. The maximum Gasteiger partial charge on any atom is 0.332 e. The average molecular weight is 794 g/mol. The van der Waals surface area contributed by atoms with Crippen LogP contribution in [-0.2, 0) is 25.4 Å². The SMILES string of the molecule is COc1cc(C=C2SC(=S)N(c3ccc(Br)c(Cl)c3)C2=O)ccc1Oc1nc2c(c(=O)n(C)c(=O)n2C)n1Cc1ccc(Cl)cc1Cl. The molecule has 0 bridgehead atoms. The summed E-state index contributed by atoms with van der Waals surface area (Å²) in [5.74, 6) is 0.292. The number of anilines is 1. The molecule has 3 aromatic carbocycles. The number of thioether (sulfide) groups is 1. The van der Waals surface area contributed by atoms with Crippen LogP contribution >= 0.6 is 74.7 Å². The van der Waals surface area contributed by atoms with Crippen LogP contribution in [0.5, 0.6) is 17.5 Å². The Hall–Kier alpha value is -3.59. The molecule has 2 aromatic heterocycles. The lowest BCUT2D eigenvalue weighted by Gasteiger charge is -2.15. The summed E-state index contributed by atoms with van der Waals surface area (Å²) in [6, 6.07) is 15.3. The van der Waals surface area contributed by atoms with Gasteiger partial charge in [0, 0.05) is 28.6 Å². The van der Waals surface area contributed by atoms with Crippen LogP contribution in [0.15, 0.2) is 73.6 Å². The molecule has 0 atom stereocenters. The Balaban J connectivity index is 1.38. The van der Waals surface area contributed by atoms with E-state index < -0.39 is 11.2 Å². The van der Waals surface area contributed by atoms with E-state index in [9.17, 15) is 14.4 Å². The molecule has 240 valence electrons. The number of aryl methyl sites for hydroxylation is 1. The van der Waals surface area contributed by atoms with Crippen molar-refractivity contribution in [3.63, 3.8) is 0 Å². The van der Waals surface area contributed by atoms with Gasteiger partial charge < -0.3 is 9.47 Å². The smallest absolute Gasteiger partial charge is 0.332 e. The van der Waals surface area contributed by atoms with Crippen LogP contribution in [0.1, 0.15) is 11.1 Å². The lowest BCUT2D eigenvalue weighted by Crippen LogP contribution is -2.37. The number of imidazole rings is 1. The second-order valence-electron chi connectivity index (χ2n) is 10.2. The Kier molecular flexibility index (Phi) is 9.31. The number of ether oxygens (including phenoxy) is 2. The largest absolute Gasteiger partial charge is 0.493 e. The van der Waals surface area contributed by atoms with E-state index in [0.29, 0.717) is 51.3 Å². The number of rotatable bonds is 7. The zero-order valence-corrected chi connectivity index (χ0v) is 30.1. The molecule has 47 heavy (non-hydrogen) atoms. The summed E-state index contributed by atoms with van der Waals surface area (Å²) >= 11 is 28.9. The van der Waals surface area contributed by atoms with Crippen LogP contribution in [0, 0.1) is 0 Å². The number of fused-ring (bicyclic) bond motifs is 1. The van der Waals surface area contributed by atoms with Crippen molar-refractivity contribution in [1.29, 1.82) is 0 Å². The molecular formula is C31H21BrCl3N5O5S2. The molecule has 1 aliphatic heterocycles. The Morgan fingerprint density at radius 2 is 1.72 bits per heavy atom. The van der Waals surface area contributed by atoms with Gasteiger partial charge in [-0.15, -0.1) is 0 Å². The predicted molar refractivity (Wildman–Crippen MR) is 194 cm³/mol. The third-order valence-electron chi connectivity index (χ3n) is 7.30. The van der Waals surface area contributed by atoms with Crippen molar-refractivity contribution in [3.8, 4) is 17.5 Å². The fourth-order valence-electron chi connectivity index (χ4n) is 4.89. The molecule has 0 N–H and O–H groups in total. The van der Waals surface area contributed by atoms with Gasteiger partial charge in [0.1, 0.15) is 0 Å². The lowest BCUT2D eigenvalue weighted by molar-refractivity contribution is -0.113. The highest BCUT2D eigenvalue weighted by Crippen LogP contribution is 2.40. The Morgan fingerprint density at radius 3 is 2.43 bits per heavy atom. The molecule has 0 radical (unpaired) electrons. The van der Waals surface area contributed by atoms with E-state index in [2.05, 4.69) is 20.9 Å². The first kappa shape index (κ1) is 33.3. The highest BCUT2D eigenvalue weighted by atomic mass is 79.9. The highest BCUT2D eigenvalue weighted by Gasteiger charge is 2.33. The maximum absolute atomic E-state index is 13.4. The molecular weight excluding hydrogens is 773 g/mol. The molecule has 6 rings (SSSR count). The van der Waals surface area contributed by atoms with E-state index in [1.54, 1.807) is 65.2 Å². The lowest BCUT2D eigenvalue weighted by atomic mass is 10.2. The molecule has 10 nitrogen and oxygen atoms in total. The number of halogens is 4. The summed E-state index contributed by atoms with van der Waals surface area (Å²) < 4.78 is 16.8. The van der Waals surface area contributed by atoms with Crippen molar-refractivity contribution in [2.75, 3.05) is 12.0 Å². The van der Waals surface area contributed by atoms with E-state index in [-0.39, 0.29) is 35.4 Å². The standard InChI is InChI=1S/C31H21BrCl3N5O5S2/c1-37-26-25(28(42)38(2)30(37)43)39(14-16-5-6-17(33)12-20(16)34)29(36-26)45-22-9-4-15(10-23(22)44-3)11-24-27(41)40(31(46)47-24)18-7-8-19(32)21(35)13-18/h4-13H,14H2,1-3H3. The van der Waals surface area contributed by atoms with Crippen LogP contribution in [0.25, 0.3) is 17.2 Å². The van der Waals surface area contributed by atoms with Gasteiger partial charge in [0.15, 0.2) is 27.0 Å². The van der Waals surface area contributed by atoms with Crippen LogP contribution in [-0.4, -0.2) is 36.0 Å². The second kappa shape index (κ2) is 13.1. The first-order valence-corrected chi connectivity index (χ1v) is 16.7. The molecule has 0 unspecified atom stereocenters. The summed E-state index contributed by atoms with van der Waals surface area (Å²) in [5.41, 5.74) is 1.01. The maximum atomic E-state index is 13.4. The topological polar surface area (TPSA) is 101 Å². The van der Waals surface area contributed by atoms with E-state index in [1.165, 1.54) is 30.7 Å². The van der Waals surface area contributed by atoms with Gasteiger partial charge in [0.2, 0.25) is 0 Å². The van der Waals surface area contributed by atoms with E-state index in [0.717, 1.165) is 16.3 Å². The van der Waals surface area contributed by atoms with Gasteiger partial charge in [-0.05, 0) is 75.6 Å². The molecule has 0 saturated carbocycles. The number of aromatic nitrogens is 4. The molecule has 5 aromatic rings. The summed E-state index contributed by atoms with van der Waals surface area (Å²) in [6.07, 6.45) is 1.70. The van der Waals surface area contributed by atoms with Crippen molar-refractivity contribution in [1.82, 2.24) is 18.7 Å². The molecule has 16 heteroatoms. The average Bonchev–Trinajstić information content (AvgIpc) is 3.53. The summed E-state index contributed by atoms with van der Waals surface area (Å²) in [6.45, 7) is 0.0844. The van der Waals surface area contributed by atoms with Gasteiger partial charge in [0.25, 0.3) is 11.5 Å². The fraction of sp³-hybridized carbons (Fsp3) is 0.129. The minimum atomic E-state index is -0.555. The molecule has 1 amide bonds. The minimum absolute atomic E-state index is 0.0180. The van der Waals surface area contributed by atoms with Crippen LogP contribution in [0.3, 0.4) is 0 Å². The summed E-state index contributed by atoms with van der Waals surface area (Å²) in [7, 11) is 4.38. The molecule has 0 spiro atoms. The third kappa shape index (κ3) is 6.23. The number of methoxy groups -OCH3 is 1. The van der Waals surface area contributed by atoms with Gasteiger partial charge in [-0.2, -0.15) is 4.98 Å². The van der Waals surface area contributed by atoms with Crippen LogP contribution in [0.4, 0.5) is 5.69 Å². The predicted octanol–water partition coefficient (Wildman–Crippen LogP) is 7.41. The summed E-state index contributed by atoms with van der Waals surface area (Å²) in [5, 5.41) is 1.28. The molecule has 0 aliphatic carbocycles. The van der Waals surface area contributed by atoms with Gasteiger partial charge >= 0.3 is 11.7 Å². The number of hydrogen-bond donors (Lipinski definition) is 0. The van der Waals surface area contributed by atoms with E-state index in [4.69, 9.17) is 56.5 Å². The van der Waals surface area contributed by atoms with Gasteiger partial charge in [-0.3, -0.25) is 28.2 Å². The first-order valence-electron chi connectivity index (χ1n) is 13.6. The Morgan fingerprint density at radius 1 is 0.957 bits per heavy atom. The number of carbonyl (C=O) groups excluding carboxylic acids is 1. The number of nitrogens with zero attached hydrogens (tertiary/aromatic N) is 5. The molecule has 1 aliphatic rings. The minimum Gasteiger partial charge on any atom is -0.493 e. The molecule has 3 heterocycles.